The van der Waals surface area contributed by atoms with E-state index >= 15 is 0 Å². The van der Waals surface area contributed by atoms with Crippen LogP contribution in [0.5, 0.6) is 0 Å². The maximum absolute atomic E-state index is 12.2. The number of nitrogens with one attached hydrogen (secondary N) is 1. The van der Waals surface area contributed by atoms with E-state index in [1.54, 1.807) is 6.07 Å². The van der Waals surface area contributed by atoms with Crippen LogP contribution in [0.2, 0.25) is 0 Å². The van der Waals surface area contributed by atoms with E-state index in [2.05, 4.69) is 4.72 Å². The highest BCUT2D eigenvalue weighted by atomic mass is 35.5. The molecule has 1 fully saturated rings. The SMILES string of the molecule is Cc1cc(CCl)cc(S(=O)(=O)NC2CC2)c1C. The maximum atomic E-state index is 12.2. The third-order valence-electron chi connectivity index (χ3n) is 3.02. The number of benzene rings is 1. The molecule has 0 saturated heterocycles. The fourth-order valence-corrected chi connectivity index (χ4v) is 3.57. The van der Waals surface area contributed by atoms with Crippen LogP contribution in [-0.4, -0.2) is 14.5 Å². The lowest BCUT2D eigenvalue weighted by atomic mass is 10.1. The lowest BCUT2D eigenvalue weighted by molar-refractivity contribution is 0.580. The van der Waals surface area contributed by atoms with Gasteiger partial charge in [0, 0.05) is 11.9 Å². The lowest BCUT2D eigenvalue weighted by Gasteiger charge is -2.12. The Hall–Kier alpha value is -0.580. The molecule has 0 heterocycles. The van der Waals surface area contributed by atoms with Crippen molar-refractivity contribution >= 4 is 21.6 Å². The van der Waals surface area contributed by atoms with Crippen molar-refractivity contribution < 1.29 is 8.42 Å². The minimum absolute atomic E-state index is 0.124. The van der Waals surface area contributed by atoms with E-state index < -0.39 is 10.0 Å². The first-order valence-corrected chi connectivity index (χ1v) is 7.64. The van der Waals surface area contributed by atoms with Crippen molar-refractivity contribution in [3.05, 3.63) is 28.8 Å². The Labute approximate surface area is 107 Å². The number of rotatable bonds is 4. The van der Waals surface area contributed by atoms with Gasteiger partial charge in [0.15, 0.2) is 0 Å². The van der Waals surface area contributed by atoms with Crippen molar-refractivity contribution in [1.82, 2.24) is 4.72 Å². The molecule has 0 aliphatic heterocycles. The molecule has 0 aromatic heterocycles. The summed E-state index contributed by atoms with van der Waals surface area (Å²) in [6.45, 7) is 3.73. The molecule has 3 nitrogen and oxygen atoms in total. The van der Waals surface area contributed by atoms with Gasteiger partial charge in [-0.1, -0.05) is 6.07 Å². The molecule has 1 N–H and O–H groups in total. The molecule has 1 saturated carbocycles. The van der Waals surface area contributed by atoms with E-state index in [0.29, 0.717) is 10.8 Å². The van der Waals surface area contributed by atoms with Crippen LogP contribution in [0.15, 0.2) is 17.0 Å². The predicted molar refractivity (Wildman–Crippen MR) is 68.8 cm³/mol. The molecular weight excluding hydrogens is 258 g/mol. The molecule has 0 unspecified atom stereocenters. The maximum Gasteiger partial charge on any atom is 0.241 e. The van der Waals surface area contributed by atoms with E-state index in [9.17, 15) is 8.42 Å². The molecule has 0 atom stereocenters. The third-order valence-corrected chi connectivity index (χ3v) is 4.98. The van der Waals surface area contributed by atoms with Gasteiger partial charge in [-0.05, 0) is 49.4 Å². The van der Waals surface area contributed by atoms with Gasteiger partial charge in [-0.3, -0.25) is 0 Å². The summed E-state index contributed by atoms with van der Waals surface area (Å²) in [5.74, 6) is 0.326. The second-order valence-corrected chi connectivity index (χ2v) is 6.51. The van der Waals surface area contributed by atoms with Gasteiger partial charge in [0.1, 0.15) is 0 Å². The highest BCUT2D eigenvalue weighted by molar-refractivity contribution is 7.89. The Balaban J connectivity index is 2.45. The summed E-state index contributed by atoms with van der Waals surface area (Å²) < 4.78 is 27.0. The summed E-state index contributed by atoms with van der Waals surface area (Å²) in [5.41, 5.74) is 2.59. The zero-order valence-corrected chi connectivity index (χ0v) is 11.5. The van der Waals surface area contributed by atoms with E-state index in [0.717, 1.165) is 29.5 Å². The van der Waals surface area contributed by atoms with Crippen LogP contribution in [0.25, 0.3) is 0 Å². The van der Waals surface area contributed by atoms with Crippen molar-refractivity contribution in [2.24, 2.45) is 0 Å². The summed E-state index contributed by atoms with van der Waals surface area (Å²) >= 11 is 5.78. The van der Waals surface area contributed by atoms with Crippen molar-refractivity contribution in [1.29, 1.82) is 0 Å². The van der Waals surface area contributed by atoms with E-state index in [4.69, 9.17) is 11.6 Å². The molecule has 1 aliphatic rings. The summed E-state index contributed by atoms with van der Waals surface area (Å²) in [4.78, 5) is 0.361. The van der Waals surface area contributed by atoms with Gasteiger partial charge in [0.25, 0.3) is 0 Å². The first kappa shape index (κ1) is 12.9. The van der Waals surface area contributed by atoms with E-state index in [-0.39, 0.29) is 6.04 Å². The third kappa shape index (κ3) is 2.81. The quantitative estimate of drug-likeness (QED) is 0.857. The van der Waals surface area contributed by atoms with E-state index in [1.807, 2.05) is 19.9 Å². The van der Waals surface area contributed by atoms with Crippen molar-refractivity contribution in [3.8, 4) is 0 Å². The summed E-state index contributed by atoms with van der Waals surface area (Å²) in [6.07, 6.45) is 1.87. The van der Waals surface area contributed by atoms with Crippen LogP contribution in [-0.2, 0) is 15.9 Å². The standard InChI is InChI=1S/C12H16ClNO2S/c1-8-5-10(7-13)6-12(9(8)2)17(15,16)14-11-3-4-11/h5-6,11,14H,3-4,7H2,1-2H3. The number of alkyl halides is 1. The summed E-state index contributed by atoms with van der Waals surface area (Å²) in [6, 6.07) is 3.72. The fraction of sp³-hybridized carbons (Fsp3) is 0.500. The Kier molecular flexibility index (Phi) is 3.48. The van der Waals surface area contributed by atoms with Gasteiger partial charge < -0.3 is 0 Å². The van der Waals surface area contributed by atoms with Crippen molar-refractivity contribution in [3.63, 3.8) is 0 Å². The number of aryl methyl sites for hydroxylation is 1. The molecule has 0 amide bonds. The lowest BCUT2D eigenvalue weighted by Crippen LogP contribution is -2.26. The number of hydrogen-bond donors (Lipinski definition) is 1. The smallest absolute Gasteiger partial charge is 0.208 e. The highest BCUT2D eigenvalue weighted by Gasteiger charge is 2.29. The normalized spacial score (nSPS) is 16.2. The second-order valence-electron chi connectivity index (χ2n) is 4.57. The minimum Gasteiger partial charge on any atom is -0.208 e. The van der Waals surface area contributed by atoms with Gasteiger partial charge in [-0.25, -0.2) is 13.1 Å². The van der Waals surface area contributed by atoms with Crippen molar-refractivity contribution in [2.45, 2.75) is 43.5 Å². The number of hydrogen-bond acceptors (Lipinski definition) is 2. The van der Waals surface area contributed by atoms with Crippen LogP contribution in [0.4, 0.5) is 0 Å². The zero-order chi connectivity index (χ0) is 12.6. The fourth-order valence-electron chi connectivity index (χ4n) is 1.74. The van der Waals surface area contributed by atoms with Gasteiger partial charge in [-0.15, -0.1) is 11.6 Å². The molecular formula is C12H16ClNO2S. The first-order chi connectivity index (χ1) is 7.94. The molecule has 94 valence electrons. The minimum atomic E-state index is -3.39. The molecule has 0 spiro atoms. The molecule has 0 bridgehead atoms. The predicted octanol–water partition coefficient (Wildman–Crippen LogP) is 2.48. The Bertz CT molecular complexity index is 536. The average molecular weight is 274 g/mol. The van der Waals surface area contributed by atoms with Gasteiger partial charge >= 0.3 is 0 Å². The topological polar surface area (TPSA) is 46.2 Å². The van der Waals surface area contributed by atoms with Crippen molar-refractivity contribution in [2.75, 3.05) is 0 Å². The molecule has 1 aromatic carbocycles. The van der Waals surface area contributed by atoms with Gasteiger partial charge in [0.2, 0.25) is 10.0 Å². The monoisotopic (exact) mass is 273 g/mol. The molecule has 5 heteroatoms. The average Bonchev–Trinajstić information content (AvgIpc) is 3.04. The Morgan fingerprint density at radius 3 is 2.53 bits per heavy atom. The number of sulfonamides is 1. The van der Waals surface area contributed by atoms with E-state index in [1.165, 1.54) is 0 Å². The molecule has 1 aromatic rings. The van der Waals surface area contributed by atoms with Gasteiger partial charge in [0.05, 0.1) is 4.90 Å². The molecule has 17 heavy (non-hydrogen) atoms. The van der Waals surface area contributed by atoms with Crippen LogP contribution >= 0.6 is 11.6 Å². The Morgan fingerprint density at radius 1 is 1.35 bits per heavy atom. The highest BCUT2D eigenvalue weighted by Crippen LogP contribution is 2.26. The van der Waals surface area contributed by atoms with Gasteiger partial charge in [-0.2, -0.15) is 0 Å². The first-order valence-electron chi connectivity index (χ1n) is 5.62. The molecule has 0 radical (unpaired) electrons. The summed E-state index contributed by atoms with van der Waals surface area (Å²) in [5, 5.41) is 0. The molecule has 2 rings (SSSR count). The van der Waals surface area contributed by atoms with Crippen LogP contribution < -0.4 is 4.72 Å². The molecule has 1 aliphatic carbocycles. The number of halogens is 1. The largest absolute Gasteiger partial charge is 0.241 e. The second kappa shape index (κ2) is 4.59. The Morgan fingerprint density at radius 2 is 2.00 bits per heavy atom. The van der Waals surface area contributed by atoms with Crippen LogP contribution in [0, 0.1) is 13.8 Å². The van der Waals surface area contributed by atoms with Crippen LogP contribution in [0.1, 0.15) is 29.5 Å². The summed E-state index contributed by atoms with van der Waals surface area (Å²) in [7, 11) is -3.39. The van der Waals surface area contributed by atoms with Crippen LogP contribution in [0.3, 0.4) is 0 Å². The zero-order valence-electron chi connectivity index (χ0n) is 9.96.